The van der Waals surface area contributed by atoms with Gasteiger partial charge in [0.25, 0.3) is 0 Å². The topological polar surface area (TPSA) is 223 Å². The Kier molecular flexibility index (Phi) is 10.4. The highest BCUT2D eigenvalue weighted by Crippen LogP contribution is 2.38. The van der Waals surface area contributed by atoms with Crippen molar-refractivity contribution in [2.75, 3.05) is 0 Å². The second-order valence-electron chi connectivity index (χ2n) is 11.9. The van der Waals surface area contributed by atoms with E-state index in [1.165, 1.54) is 79.7 Å². The Hall–Kier alpha value is -6.77. The predicted octanol–water partition coefficient (Wildman–Crippen LogP) is 4.72. The molecule has 0 bridgehead atoms. The Morgan fingerprint density at radius 2 is 1.21 bits per heavy atom. The lowest BCUT2D eigenvalue weighted by Crippen LogP contribution is -2.61. The highest BCUT2D eigenvalue weighted by atomic mass is 16.7. The van der Waals surface area contributed by atoms with Crippen LogP contribution in [0.3, 0.4) is 0 Å². The Bertz CT molecular complexity index is 2240. The van der Waals surface area contributed by atoms with Crippen LogP contribution >= 0.6 is 0 Å². The van der Waals surface area contributed by atoms with Gasteiger partial charge in [-0.05, 0) is 78.7 Å². The smallest absolute Gasteiger partial charge is 0.331 e. The molecule has 272 valence electrons. The molecule has 0 radical (unpaired) electrons. The van der Waals surface area contributed by atoms with Gasteiger partial charge in [-0.1, -0.05) is 24.3 Å². The molecule has 1 fully saturated rings. The third kappa shape index (κ3) is 8.25. The van der Waals surface area contributed by atoms with Crippen LogP contribution in [0.4, 0.5) is 0 Å². The highest BCUT2D eigenvalue weighted by molar-refractivity contribution is 5.89. The van der Waals surface area contributed by atoms with E-state index in [-0.39, 0.29) is 39.5 Å². The summed E-state index contributed by atoms with van der Waals surface area (Å²) >= 11 is 0. The first kappa shape index (κ1) is 36.0. The van der Waals surface area contributed by atoms with Gasteiger partial charge in [0.1, 0.15) is 45.8 Å². The molecule has 0 saturated carbocycles. The van der Waals surface area contributed by atoms with Crippen LogP contribution in [-0.4, -0.2) is 73.3 Å². The molecule has 4 aromatic carbocycles. The van der Waals surface area contributed by atoms with Crippen molar-refractivity contribution in [3.05, 3.63) is 118 Å². The van der Waals surface area contributed by atoms with Gasteiger partial charge in [0.05, 0.1) is 6.10 Å². The fourth-order valence-corrected chi connectivity index (χ4v) is 5.52. The number of aliphatic hydroxyl groups is 1. The Labute approximate surface area is 300 Å². The lowest BCUT2D eigenvalue weighted by Gasteiger charge is -2.41. The maximum Gasteiger partial charge on any atom is 0.331 e. The zero-order valence-corrected chi connectivity index (χ0v) is 27.7. The molecule has 53 heavy (non-hydrogen) atoms. The average molecular weight is 725 g/mol. The van der Waals surface area contributed by atoms with Gasteiger partial charge in [0.15, 0.2) is 18.0 Å². The summed E-state index contributed by atoms with van der Waals surface area (Å²) in [5.74, 6) is -3.77. The third-order valence-corrected chi connectivity index (χ3v) is 8.15. The van der Waals surface area contributed by atoms with Crippen LogP contribution in [0.2, 0.25) is 0 Å². The maximum absolute atomic E-state index is 14.0. The average Bonchev–Trinajstić information content (AvgIpc) is 3.12. The van der Waals surface area contributed by atoms with Gasteiger partial charge in [-0.15, -0.1) is 0 Å². The van der Waals surface area contributed by atoms with E-state index >= 15 is 0 Å². The van der Waals surface area contributed by atoms with E-state index in [9.17, 15) is 45.0 Å². The number of phenolic OH excluding ortho intramolecular Hbond substituents is 5. The van der Waals surface area contributed by atoms with E-state index in [1.54, 1.807) is 12.1 Å². The number of fused-ring (bicyclic) bond motifs is 1. The monoisotopic (exact) mass is 724 g/mol. The molecule has 0 amide bonds. The van der Waals surface area contributed by atoms with Gasteiger partial charge < -0.3 is 54.0 Å². The first-order valence-electron chi connectivity index (χ1n) is 16.0. The summed E-state index contributed by atoms with van der Waals surface area (Å²) in [6.45, 7) is 1.45. The van der Waals surface area contributed by atoms with E-state index in [4.69, 9.17) is 23.4 Å². The van der Waals surface area contributed by atoms with E-state index in [0.717, 1.165) is 24.3 Å². The zero-order valence-electron chi connectivity index (χ0n) is 27.7. The van der Waals surface area contributed by atoms with Crippen molar-refractivity contribution < 1.29 is 63.6 Å². The van der Waals surface area contributed by atoms with Crippen molar-refractivity contribution in [3.8, 4) is 45.8 Å². The first-order chi connectivity index (χ1) is 25.4. The molecule has 14 heteroatoms. The van der Waals surface area contributed by atoms with E-state index in [1.807, 2.05) is 0 Å². The zero-order chi connectivity index (χ0) is 37.8. The number of rotatable bonds is 9. The SMILES string of the molecule is CC1O[C@@H](Oc2c(-c3ccc(O)cc3)oc3cc(O)cc(O)c3c2=O)[C@@H](OC(=O)/C=C/c2ccc(O)cc2)C(O)[C@H]1OC(=O)/C=C/c1ccc(O)cc1. The van der Waals surface area contributed by atoms with Crippen LogP contribution in [0, 0.1) is 0 Å². The fourth-order valence-electron chi connectivity index (χ4n) is 5.52. The molecule has 5 atom stereocenters. The lowest BCUT2D eigenvalue weighted by molar-refractivity contribution is -0.275. The number of hydrogen-bond acceptors (Lipinski definition) is 14. The van der Waals surface area contributed by atoms with Crippen LogP contribution in [0.15, 0.2) is 106 Å². The van der Waals surface area contributed by atoms with Crippen LogP contribution in [-0.2, 0) is 23.8 Å². The van der Waals surface area contributed by atoms with E-state index in [0.29, 0.717) is 11.1 Å². The molecule has 0 aliphatic carbocycles. The van der Waals surface area contributed by atoms with Gasteiger partial charge in [-0.3, -0.25) is 4.79 Å². The standard InChI is InChI=1S/C39H32O14/c1-20-35(51-30(45)16-6-21-2-10-24(40)11-3-21)34(48)38(52-31(46)17-7-22-4-12-25(41)13-5-22)39(49-20)53-37-33(47)32-28(44)18-27(43)19-29(32)50-36(37)23-8-14-26(42)15-9-23/h2-20,34-35,38-44,48H,1H3/b16-6+,17-7+/t20?,34?,35-,38-,39-/m0/s1. The van der Waals surface area contributed by atoms with E-state index in [2.05, 4.69) is 0 Å². The number of carbonyl (C=O) groups excluding carboxylic acids is 2. The minimum atomic E-state index is -1.80. The largest absolute Gasteiger partial charge is 0.508 e. The summed E-state index contributed by atoms with van der Waals surface area (Å²) in [4.78, 5) is 40.0. The first-order valence-corrected chi connectivity index (χ1v) is 16.0. The number of hydrogen-bond donors (Lipinski definition) is 6. The fraction of sp³-hybridized carbons (Fsp3) is 0.154. The molecule has 1 aliphatic rings. The molecule has 0 spiro atoms. The number of phenols is 5. The van der Waals surface area contributed by atoms with Gasteiger partial charge in [0.2, 0.25) is 17.5 Å². The number of esters is 2. The molecular formula is C39H32O14. The molecule has 6 N–H and O–H groups in total. The van der Waals surface area contributed by atoms with Gasteiger partial charge in [0, 0.05) is 29.8 Å². The van der Waals surface area contributed by atoms with Gasteiger partial charge >= 0.3 is 11.9 Å². The van der Waals surface area contributed by atoms with Crippen LogP contribution < -0.4 is 10.2 Å². The summed E-state index contributed by atoms with van der Waals surface area (Å²) in [7, 11) is 0. The minimum Gasteiger partial charge on any atom is -0.508 e. The molecular weight excluding hydrogens is 692 g/mol. The second-order valence-corrected chi connectivity index (χ2v) is 11.9. The lowest BCUT2D eigenvalue weighted by atomic mass is 9.99. The molecule has 1 aromatic heterocycles. The molecule has 5 aromatic rings. The molecule has 2 heterocycles. The van der Waals surface area contributed by atoms with Crippen molar-refractivity contribution in [1.82, 2.24) is 0 Å². The number of aliphatic hydroxyl groups excluding tert-OH is 1. The van der Waals surface area contributed by atoms with Crippen molar-refractivity contribution in [2.45, 2.75) is 37.6 Å². The highest BCUT2D eigenvalue weighted by Gasteiger charge is 2.49. The summed E-state index contributed by atoms with van der Waals surface area (Å²) in [5, 5.41) is 60.8. The molecule has 1 aliphatic heterocycles. The second kappa shape index (κ2) is 15.2. The molecule has 6 rings (SSSR count). The molecule has 1 saturated heterocycles. The van der Waals surface area contributed by atoms with Crippen LogP contribution in [0.1, 0.15) is 18.1 Å². The predicted molar refractivity (Wildman–Crippen MR) is 188 cm³/mol. The number of aromatic hydroxyl groups is 5. The maximum atomic E-state index is 14.0. The Morgan fingerprint density at radius 1 is 0.698 bits per heavy atom. The number of ether oxygens (including phenoxy) is 4. The minimum absolute atomic E-state index is 0.00905. The summed E-state index contributed by atoms with van der Waals surface area (Å²) in [6, 6.07) is 19.3. The van der Waals surface area contributed by atoms with Gasteiger partial charge in [-0.2, -0.15) is 0 Å². The Morgan fingerprint density at radius 3 is 1.75 bits per heavy atom. The quantitative estimate of drug-likeness (QED) is 0.0894. The summed E-state index contributed by atoms with van der Waals surface area (Å²) in [6.07, 6.45) is -2.93. The van der Waals surface area contributed by atoms with Crippen molar-refractivity contribution in [3.63, 3.8) is 0 Å². The molecule has 14 nitrogen and oxygen atoms in total. The number of carbonyl (C=O) groups is 2. The third-order valence-electron chi connectivity index (χ3n) is 8.15. The van der Waals surface area contributed by atoms with Crippen LogP contribution in [0.25, 0.3) is 34.4 Å². The van der Waals surface area contributed by atoms with E-state index < -0.39 is 65.3 Å². The summed E-state index contributed by atoms with van der Waals surface area (Å²) in [5.41, 5.74) is 0.154. The van der Waals surface area contributed by atoms with Gasteiger partial charge in [-0.25, -0.2) is 9.59 Å². The van der Waals surface area contributed by atoms with Crippen LogP contribution in [0.5, 0.6) is 34.5 Å². The van der Waals surface area contributed by atoms with Crippen molar-refractivity contribution in [1.29, 1.82) is 0 Å². The summed E-state index contributed by atoms with van der Waals surface area (Å²) < 4.78 is 29.1. The Balaban J connectivity index is 1.35. The molecule has 2 unspecified atom stereocenters. The number of benzene rings is 4. The van der Waals surface area contributed by atoms with Crippen molar-refractivity contribution in [2.24, 2.45) is 0 Å². The normalized spacial score (nSPS) is 20.1. The van der Waals surface area contributed by atoms with Crippen molar-refractivity contribution >= 4 is 35.1 Å².